The average Bonchev–Trinajstić information content (AvgIpc) is 2.20. The first kappa shape index (κ1) is 14.7. The standard InChI is InChI=1S/C12H21N3O3/c1-12(2,18)8-13(3)7-9-6-10(16)15(5)11(17)14(9)4/h6,18H,7-8H2,1-5H3. The molecule has 1 N–H and O–H groups in total. The maximum absolute atomic E-state index is 11.7. The highest BCUT2D eigenvalue weighted by Gasteiger charge is 2.17. The van der Waals surface area contributed by atoms with E-state index in [2.05, 4.69) is 0 Å². The van der Waals surface area contributed by atoms with Crippen molar-refractivity contribution in [1.82, 2.24) is 14.0 Å². The number of rotatable bonds is 4. The van der Waals surface area contributed by atoms with Crippen molar-refractivity contribution >= 4 is 0 Å². The van der Waals surface area contributed by atoms with Crippen LogP contribution in [0.4, 0.5) is 0 Å². The highest BCUT2D eigenvalue weighted by atomic mass is 16.3. The molecule has 0 saturated carbocycles. The molecular formula is C12H21N3O3. The van der Waals surface area contributed by atoms with Crippen LogP contribution in [0.15, 0.2) is 15.7 Å². The smallest absolute Gasteiger partial charge is 0.330 e. The minimum Gasteiger partial charge on any atom is -0.389 e. The summed E-state index contributed by atoms with van der Waals surface area (Å²) in [5.74, 6) is 0. The Balaban J connectivity index is 3.00. The third-order valence-corrected chi connectivity index (χ3v) is 2.71. The molecular weight excluding hydrogens is 234 g/mol. The van der Waals surface area contributed by atoms with Crippen molar-refractivity contribution in [3.63, 3.8) is 0 Å². The summed E-state index contributed by atoms with van der Waals surface area (Å²) < 4.78 is 2.52. The fraction of sp³-hybridized carbons (Fsp3) is 0.667. The highest BCUT2D eigenvalue weighted by Crippen LogP contribution is 2.06. The van der Waals surface area contributed by atoms with E-state index in [1.54, 1.807) is 20.9 Å². The van der Waals surface area contributed by atoms with Crippen LogP contribution in [0.2, 0.25) is 0 Å². The first-order valence-electron chi connectivity index (χ1n) is 5.78. The van der Waals surface area contributed by atoms with E-state index in [1.165, 1.54) is 17.7 Å². The van der Waals surface area contributed by atoms with E-state index in [9.17, 15) is 14.7 Å². The monoisotopic (exact) mass is 255 g/mol. The second kappa shape index (κ2) is 5.07. The van der Waals surface area contributed by atoms with Gasteiger partial charge in [0.25, 0.3) is 5.56 Å². The SMILES string of the molecule is CN(Cc1cc(=O)n(C)c(=O)n1C)CC(C)(C)O. The van der Waals surface area contributed by atoms with E-state index in [-0.39, 0.29) is 11.2 Å². The van der Waals surface area contributed by atoms with Crippen molar-refractivity contribution < 1.29 is 5.11 Å². The second-order valence-corrected chi connectivity index (χ2v) is 5.36. The third kappa shape index (κ3) is 3.54. The van der Waals surface area contributed by atoms with Crippen LogP contribution >= 0.6 is 0 Å². The van der Waals surface area contributed by atoms with Crippen LogP contribution < -0.4 is 11.2 Å². The molecule has 0 atom stereocenters. The van der Waals surface area contributed by atoms with Crippen LogP contribution in [0.25, 0.3) is 0 Å². The molecule has 1 rings (SSSR count). The molecule has 0 aliphatic rings. The fourth-order valence-corrected chi connectivity index (χ4v) is 1.92. The topological polar surface area (TPSA) is 67.5 Å². The lowest BCUT2D eigenvalue weighted by atomic mass is 10.1. The molecule has 6 nitrogen and oxygen atoms in total. The zero-order valence-electron chi connectivity index (χ0n) is 11.6. The summed E-state index contributed by atoms with van der Waals surface area (Å²) in [7, 11) is 4.92. The minimum atomic E-state index is -0.812. The van der Waals surface area contributed by atoms with Gasteiger partial charge in [0.05, 0.1) is 5.60 Å². The number of nitrogens with zero attached hydrogens (tertiary/aromatic N) is 3. The van der Waals surface area contributed by atoms with Gasteiger partial charge in [-0.25, -0.2) is 4.79 Å². The van der Waals surface area contributed by atoms with Gasteiger partial charge in [0, 0.05) is 38.9 Å². The van der Waals surface area contributed by atoms with Gasteiger partial charge < -0.3 is 5.11 Å². The van der Waals surface area contributed by atoms with Crippen LogP contribution in [-0.2, 0) is 20.6 Å². The Morgan fingerprint density at radius 3 is 2.33 bits per heavy atom. The highest BCUT2D eigenvalue weighted by molar-refractivity contribution is 5.02. The van der Waals surface area contributed by atoms with Gasteiger partial charge in [-0.05, 0) is 20.9 Å². The number of hydrogen-bond donors (Lipinski definition) is 1. The Morgan fingerprint density at radius 2 is 1.83 bits per heavy atom. The fourth-order valence-electron chi connectivity index (χ4n) is 1.92. The lowest BCUT2D eigenvalue weighted by molar-refractivity contribution is 0.0418. The summed E-state index contributed by atoms with van der Waals surface area (Å²) in [6.07, 6.45) is 0. The second-order valence-electron chi connectivity index (χ2n) is 5.36. The van der Waals surface area contributed by atoms with Crippen molar-refractivity contribution in [1.29, 1.82) is 0 Å². The van der Waals surface area contributed by atoms with Crippen LogP contribution in [0.5, 0.6) is 0 Å². The van der Waals surface area contributed by atoms with E-state index in [0.717, 1.165) is 4.57 Å². The zero-order chi connectivity index (χ0) is 14.1. The lowest BCUT2D eigenvalue weighted by Crippen LogP contribution is -2.41. The average molecular weight is 255 g/mol. The maximum Gasteiger partial charge on any atom is 0.330 e. The molecule has 6 heteroatoms. The summed E-state index contributed by atoms with van der Waals surface area (Å²) in [6.45, 7) is 4.32. The van der Waals surface area contributed by atoms with Gasteiger partial charge in [-0.2, -0.15) is 0 Å². The van der Waals surface area contributed by atoms with Gasteiger partial charge in [0.2, 0.25) is 0 Å². The van der Waals surface area contributed by atoms with Crippen molar-refractivity contribution in [3.8, 4) is 0 Å². The number of hydrogen-bond acceptors (Lipinski definition) is 4. The van der Waals surface area contributed by atoms with Gasteiger partial charge in [0.15, 0.2) is 0 Å². The van der Waals surface area contributed by atoms with E-state index in [4.69, 9.17) is 0 Å². The molecule has 0 radical (unpaired) electrons. The van der Waals surface area contributed by atoms with E-state index in [0.29, 0.717) is 18.8 Å². The number of aromatic nitrogens is 2. The summed E-state index contributed by atoms with van der Waals surface area (Å²) in [5.41, 5.74) is -0.832. The largest absolute Gasteiger partial charge is 0.389 e. The van der Waals surface area contributed by atoms with E-state index >= 15 is 0 Å². The Morgan fingerprint density at radius 1 is 1.28 bits per heavy atom. The molecule has 0 aromatic carbocycles. The number of likely N-dealkylation sites (N-methyl/N-ethyl adjacent to an activating group) is 1. The third-order valence-electron chi connectivity index (χ3n) is 2.71. The molecule has 0 aliphatic heterocycles. The van der Waals surface area contributed by atoms with Gasteiger partial charge >= 0.3 is 5.69 Å². The Kier molecular flexibility index (Phi) is 4.13. The molecule has 18 heavy (non-hydrogen) atoms. The van der Waals surface area contributed by atoms with E-state index in [1.807, 2.05) is 11.9 Å². The predicted molar refractivity (Wildman–Crippen MR) is 69.6 cm³/mol. The summed E-state index contributed by atoms with van der Waals surface area (Å²) in [4.78, 5) is 25.2. The maximum atomic E-state index is 11.7. The van der Waals surface area contributed by atoms with Crippen molar-refractivity contribution in [2.45, 2.75) is 26.0 Å². The number of aliphatic hydroxyl groups is 1. The summed E-state index contributed by atoms with van der Waals surface area (Å²) in [5, 5.41) is 9.71. The summed E-state index contributed by atoms with van der Waals surface area (Å²) in [6, 6.07) is 1.45. The zero-order valence-corrected chi connectivity index (χ0v) is 11.6. The van der Waals surface area contributed by atoms with Crippen molar-refractivity contribution in [3.05, 3.63) is 32.6 Å². The van der Waals surface area contributed by atoms with Crippen LogP contribution in [0, 0.1) is 0 Å². The molecule has 1 heterocycles. The Labute approximate surface area is 106 Å². The minimum absolute atomic E-state index is 0.315. The molecule has 0 saturated heterocycles. The first-order valence-corrected chi connectivity index (χ1v) is 5.78. The molecule has 0 aliphatic carbocycles. The molecule has 0 amide bonds. The van der Waals surface area contributed by atoms with Gasteiger partial charge in [-0.3, -0.25) is 18.8 Å². The van der Waals surface area contributed by atoms with E-state index < -0.39 is 5.60 Å². The van der Waals surface area contributed by atoms with Gasteiger partial charge in [0.1, 0.15) is 0 Å². The normalized spacial score (nSPS) is 12.2. The molecule has 1 aromatic heterocycles. The quantitative estimate of drug-likeness (QED) is 0.771. The summed E-state index contributed by atoms with van der Waals surface area (Å²) >= 11 is 0. The van der Waals surface area contributed by atoms with Gasteiger partial charge in [-0.1, -0.05) is 0 Å². The molecule has 0 unspecified atom stereocenters. The van der Waals surface area contributed by atoms with Crippen LogP contribution in [0.1, 0.15) is 19.5 Å². The Hall–Kier alpha value is -1.40. The predicted octanol–water partition coefficient (Wildman–Crippen LogP) is -0.713. The van der Waals surface area contributed by atoms with Crippen LogP contribution in [-0.4, -0.2) is 38.3 Å². The van der Waals surface area contributed by atoms with Crippen molar-refractivity contribution in [2.24, 2.45) is 14.1 Å². The van der Waals surface area contributed by atoms with Crippen LogP contribution in [0.3, 0.4) is 0 Å². The molecule has 1 aromatic rings. The molecule has 102 valence electrons. The first-order chi connectivity index (χ1) is 8.11. The Bertz CT molecular complexity index is 537. The lowest BCUT2D eigenvalue weighted by Gasteiger charge is -2.25. The van der Waals surface area contributed by atoms with Gasteiger partial charge in [-0.15, -0.1) is 0 Å². The van der Waals surface area contributed by atoms with Crippen molar-refractivity contribution in [2.75, 3.05) is 13.6 Å². The molecule has 0 spiro atoms. The molecule has 0 bridgehead atoms. The molecule has 0 fully saturated rings.